The zero-order valence-corrected chi connectivity index (χ0v) is 19.8. The third-order valence-electron chi connectivity index (χ3n) is 5.91. The molecule has 11 heteroatoms. The van der Waals surface area contributed by atoms with E-state index < -0.39 is 26.6 Å². The van der Waals surface area contributed by atoms with Crippen molar-refractivity contribution in [3.05, 3.63) is 52.2 Å². The predicted molar refractivity (Wildman–Crippen MR) is 120 cm³/mol. The summed E-state index contributed by atoms with van der Waals surface area (Å²) in [6.07, 6.45) is 2.10. The van der Waals surface area contributed by atoms with Crippen molar-refractivity contribution in [2.75, 3.05) is 45.9 Å². The molecule has 0 aliphatic carbocycles. The number of piperazine rings is 1. The van der Waals surface area contributed by atoms with Crippen LogP contribution in [0, 0.1) is 11.6 Å². The summed E-state index contributed by atoms with van der Waals surface area (Å²) in [5, 5.41) is 2.00. The van der Waals surface area contributed by atoms with E-state index in [2.05, 4.69) is 4.90 Å². The fourth-order valence-electron chi connectivity index (χ4n) is 4.21. The third-order valence-corrected chi connectivity index (χ3v) is 8.72. The summed E-state index contributed by atoms with van der Waals surface area (Å²) in [5.74, 6) is -2.34. The predicted octanol–water partition coefficient (Wildman–Crippen LogP) is 2.54. The van der Waals surface area contributed by atoms with Crippen molar-refractivity contribution in [1.82, 2.24) is 14.1 Å². The topological polar surface area (TPSA) is 70.2 Å². The first-order valence-corrected chi connectivity index (χ1v) is 13.2. The van der Waals surface area contributed by atoms with Gasteiger partial charge in [0.15, 0.2) is 4.90 Å². The Balaban J connectivity index is 1.37. The molecule has 0 saturated carbocycles. The second kappa shape index (κ2) is 10.6. The fraction of sp³-hybridized carbons (Fsp3) is 0.500. The molecule has 4 rings (SSSR count). The minimum Gasteiger partial charge on any atom is -0.377 e. The lowest BCUT2D eigenvalue weighted by atomic mass is 10.2. The van der Waals surface area contributed by atoms with Gasteiger partial charge in [0.2, 0.25) is 15.9 Å². The number of carbonyl (C=O) groups excluding carboxylic acids is 1. The van der Waals surface area contributed by atoms with E-state index in [1.54, 1.807) is 16.2 Å². The SMILES string of the molecule is O=C(CN(Cc1cccs1)CC1CCCO1)N1CCN(S(=O)(=O)c2c(F)cccc2F)CC1. The lowest BCUT2D eigenvalue weighted by Gasteiger charge is -2.35. The summed E-state index contributed by atoms with van der Waals surface area (Å²) in [6.45, 7) is 2.55. The standard InChI is InChI=1S/C22H27F2N3O4S2/c23-19-6-1-7-20(24)22(19)33(29,30)27-10-8-26(9-11-27)21(28)16-25(14-17-4-2-12-31-17)15-18-5-3-13-32-18/h1,3,5-7,13,17H,2,4,8-12,14-16H2. The minimum absolute atomic E-state index is 0.0154. The van der Waals surface area contributed by atoms with Gasteiger partial charge in [-0.15, -0.1) is 11.3 Å². The molecule has 3 heterocycles. The monoisotopic (exact) mass is 499 g/mol. The van der Waals surface area contributed by atoms with Gasteiger partial charge in [-0.1, -0.05) is 12.1 Å². The second-order valence-electron chi connectivity index (χ2n) is 8.22. The number of nitrogens with zero attached hydrogens (tertiary/aromatic N) is 3. The van der Waals surface area contributed by atoms with Gasteiger partial charge in [-0.05, 0) is 36.4 Å². The zero-order valence-electron chi connectivity index (χ0n) is 18.2. The Bertz CT molecular complexity index is 1030. The maximum atomic E-state index is 14.0. The lowest BCUT2D eigenvalue weighted by molar-refractivity contribution is -0.134. The Kier molecular flexibility index (Phi) is 7.75. The van der Waals surface area contributed by atoms with E-state index in [1.165, 1.54) is 0 Å². The van der Waals surface area contributed by atoms with Crippen LogP contribution >= 0.6 is 11.3 Å². The normalized spacial score (nSPS) is 20.0. The summed E-state index contributed by atoms with van der Waals surface area (Å²) in [5.41, 5.74) is 0. The smallest absolute Gasteiger partial charge is 0.249 e. The number of amides is 1. The van der Waals surface area contributed by atoms with Crippen molar-refractivity contribution in [2.45, 2.75) is 30.4 Å². The second-order valence-corrected chi connectivity index (χ2v) is 11.1. The average molecular weight is 500 g/mol. The molecule has 7 nitrogen and oxygen atoms in total. The Morgan fingerprint density at radius 1 is 1.12 bits per heavy atom. The first kappa shape index (κ1) is 24.2. The van der Waals surface area contributed by atoms with Gasteiger partial charge in [-0.25, -0.2) is 17.2 Å². The molecular weight excluding hydrogens is 472 g/mol. The maximum absolute atomic E-state index is 14.0. The first-order chi connectivity index (χ1) is 15.8. The van der Waals surface area contributed by atoms with Crippen molar-refractivity contribution >= 4 is 27.3 Å². The van der Waals surface area contributed by atoms with Crippen LogP contribution in [-0.4, -0.2) is 80.4 Å². The molecule has 2 aliphatic rings. The van der Waals surface area contributed by atoms with E-state index in [0.29, 0.717) is 13.1 Å². The third kappa shape index (κ3) is 5.78. The number of benzene rings is 1. The summed E-state index contributed by atoms with van der Waals surface area (Å²) in [4.78, 5) is 16.9. The van der Waals surface area contributed by atoms with Crippen LogP contribution < -0.4 is 0 Å². The Hall–Kier alpha value is -1.92. The molecule has 0 spiro atoms. The first-order valence-electron chi connectivity index (χ1n) is 10.9. The van der Waals surface area contributed by atoms with Crippen LogP contribution in [0.15, 0.2) is 40.6 Å². The van der Waals surface area contributed by atoms with E-state index in [4.69, 9.17) is 4.74 Å². The number of hydrogen-bond donors (Lipinski definition) is 0. The van der Waals surface area contributed by atoms with E-state index in [0.717, 1.165) is 46.8 Å². The molecule has 1 atom stereocenters. The largest absolute Gasteiger partial charge is 0.377 e. The maximum Gasteiger partial charge on any atom is 0.249 e. The summed E-state index contributed by atoms with van der Waals surface area (Å²) >= 11 is 1.63. The van der Waals surface area contributed by atoms with Crippen LogP contribution in [0.1, 0.15) is 17.7 Å². The molecular formula is C22H27F2N3O4S2. The number of rotatable bonds is 8. The zero-order chi connectivity index (χ0) is 23.4. The molecule has 2 saturated heterocycles. The quantitative estimate of drug-likeness (QED) is 0.558. The van der Waals surface area contributed by atoms with Gasteiger partial charge in [0.1, 0.15) is 11.6 Å². The summed E-state index contributed by atoms with van der Waals surface area (Å²) in [7, 11) is -4.33. The van der Waals surface area contributed by atoms with Crippen LogP contribution in [0.2, 0.25) is 0 Å². The van der Waals surface area contributed by atoms with Crippen LogP contribution in [0.5, 0.6) is 0 Å². The highest BCUT2D eigenvalue weighted by atomic mass is 32.2. The molecule has 1 aromatic carbocycles. The molecule has 2 aliphatic heterocycles. The number of sulfonamides is 1. The molecule has 1 aromatic heterocycles. The molecule has 0 bridgehead atoms. The van der Waals surface area contributed by atoms with Gasteiger partial charge < -0.3 is 9.64 Å². The summed E-state index contributed by atoms with van der Waals surface area (Å²) < 4.78 is 60.4. The van der Waals surface area contributed by atoms with Crippen molar-refractivity contribution < 1.29 is 26.7 Å². The van der Waals surface area contributed by atoms with Gasteiger partial charge >= 0.3 is 0 Å². The molecule has 2 fully saturated rings. The van der Waals surface area contributed by atoms with Crippen LogP contribution in [0.3, 0.4) is 0 Å². The van der Waals surface area contributed by atoms with E-state index >= 15 is 0 Å². The van der Waals surface area contributed by atoms with E-state index in [9.17, 15) is 22.0 Å². The fourth-order valence-corrected chi connectivity index (χ4v) is 6.49. The van der Waals surface area contributed by atoms with Crippen molar-refractivity contribution in [3.63, 3.8) is 0 Å². The highest BCUT2D eigenvalue weighted by Crippen LogP contribution is 2.24. The summed E-state index contributed by atoms with van der Waals surface area (Å²) in [6, 6.07) is 6.98. The Morgan fingerprint density at radius 3 is 2.45 bits per heavy atom. The van der Waals surface area contributed by atoms with Gasteiger partial charge in [0, 0.05) is 50.8 Å². The molecule has 33 heavy (non-hydrogen) atoms. The van der Waals surface area contributed by atoms with Crippen LogP contribution in [0.25, 0.3) is 0 Å². The minimum atomic E-state index is -4.33. The van der Waals surface area contributed by atoms with Gasteiger partial charge in [-0.2, -0.15) is 4.31 Å². The van der Waals surface area contributed by atoms with E-state index in [-0.39, 0.29) is 44.7 Å². The Morgan fingerprint density at radius 2 is 1.85 bits per heavy atom. The molecule has 1 unspecified atom stereocenters. The molecule has 180 valence electrons. The van der Waals surface area contributed by atoms with Crippen molar-refractivity contribution in [2.24, 2.45) is 0 Å². The molecule has 2 aromatic rings. The Labute approximate surface area is 196 Å². The molecule has 1 amide bonds. The van der Waals surface area contributed by atoms with Gasteiger partial charge in [0.05, 0.1) is 12.6 Å². The lowest BCUT2D eigenvalue weighted by Crippen LogP contribution is -2.53. The number of thiophene rings is 1. The number of hydrogen-bond acceptors (Lipinski definition) is 6. The highest BCUT2D eigenvalue weighted by molar-refractivity contribution is 7.89. The average Bonchev–Trinajstić information content (AvgIpc) is 3.48. The molecule has 0 radical (unpaired) electrons. The number of carbonyl (C=O) groups is 1. The molecule has 0 N–H and O–H groups in total. The number of ether oxygens (including phenoxy) is 1. The highest BCUT2D eigenvalue weighted by Gasteiger charge is 2.34. The number of halogens is 2. The van der Waals surface area contributed by atoms with Gasteiger partial charge in [0.25, 0.3) is 0 Å². The van der Waals surface area contributed by atoms with E-state index in [1.807, 2.05) is 17.5 Å². The van der Waals surface area contributed by atoms with Crippen molar-refractivity contribution in [3.8, 4) is 0 Å². The van der Waals surface area contributed by atoms with Crippen LogP contribution in [-0.2, 0) is 26.1 Å². The van der Waals surface area contributed by atoms with Gasteiger partial charge in [-0.3, -0.25) is 9.69 Å². The van der Waals surface area contributed by atoms with Crippen molar-refractivity contribution in [1.29, 1.82) is 0 Å². The van der Waals surface area contributed by atoms with Crippen LogP contribution in [0.4, 0.5) is 8.78 Å².